The first kappa shape index (κ1) is 14.7. The topological polar surface area (TPSA) is 75.3 Å². The van der Waals surface area contributed by atoms with Crippen LogP contribution in [0.15, 0.2) is 35.2 Å². The molecule has 1 atom stereocenters. The second kappa shape index (κ2) is 6.51. The molecule has 0 aromatic heterocycles. The third kappa shape index (κ3) is 4.46. The standard InChI is InChI=1S/C12H18N2O3S/c1-3-10(2)13-9-12(15)14-18(16,17)11-7-5-4-6-8-11/h4-8,10,13H,3,9H2,1-2H3,(H,14,15). The lowest BCUT2D eigenvalue weighted by Gasteiger charge is -2.11. The average Bonchev–Trinajstić information content (AvgIpc) is 2.36. The number of carbonyl (C=O) groups excluding carboxylic acids is 1. The van der Waals surface area contributed by atoms with Gasteiger partial charge in [0.2, 0.25) is 5.91 Å². The zero-order valence-corrected chi connectivity index (χ0v) is 11.3. The smallest absolute Gasteiger partial charge is 0.264 e. The van der Waals surface area contributed by atoms with E-state index in [-0.39, 0.29) is 17.5 Å². The Kier molecular flexibility index (Phi) is 5.30. The van der Waals surface area contributed by atoms with Crippen molar-refractivity contribution < 1.29 is 13.2 Å². The van der Waals surface area contributed by atoms with Gasteiger partial charge in [0.1, 0.15) is 0 Å². The van der Waals surface area contributed by atoms with Gasteiger partial charge in [0.25, 0.3) is 10.0 Å². The van der Waals surface area contributed by atoms with Gasteiger partial charge in [0.05, 0.1) is 11.4 Å². The first-order valence-corrected chi connectivity index (χ1v) is 7.28. The molecular weight excluding hydrogens is 252 g/mol. The maximum Gasteiger partial charge on any atom is 0.264 e. The molecule has 1 aromatic carbocycles. The molecule has 1 amide bonds. The van der Waals surface area contributed by atoms with E-state index in [2.05, 4.69) is 5.32 Å². The van der Waals surface area contributed by atoms with Crippen LogP contribution in [0.2, 0.25) is 0 Å². The third-order valence-corrected chi connectivity index (χ3v) is 3.91. The number of hydrogen-bond donors (Lipinski definition) is 2. The van der Waals surface area contributed by atoms with Crippen molar-refractivity contribution in [3.8, 4) is 0 Å². The predicted molar refractivity (Wildman–Crippen MR) is 69.5 cm³/mol. The van der Waals surface area contributed by atoms with Gasteiger partial charge in [-0.2, -0.15) is 0 Å². The highest BCUT2D eigenvalue weighted by atomic mass is 32.2. The van der Waals surface area contributed by atoms with Crippen LogP contribution in [0.1, 0.15) is 20.3 Å². The summed E-state index contributed by atoms with van der Waals surface area (Å²) in [6.45, 7) is 3.90. The van der Waals surface area contributed by atoms with E-state index >= 15 is 0 Å². The van der Waals surface area contributed by atoms with E-state index in [1.165, 1.54) is 12.1 Å². The van der Waals surface area contributed by atoms with Gasteiger partial charge < -0.3 is 5.32 Å². The van der Waals surface area contributed by atoms with Crippen LogP contribution in [0.5, 0.6) is 0 Å². The normalized spacial score (nSPS) is 13.0. The first-order chi connectivity index (χ1) is 8.45. The molecule has 100 valence electrons. The van der Waals surface area contributed by atoms with Crippen molar-refractivity contribution in [2.75, 3.05) is 6.54 Å². The lowest BCUT2D eigenvalue weighted by atomic mass is 10.3. The fourth-order valence-electron chi connectivity index (χ4n) is 1.26. The summed E-state index contributed by atoms with van der Waals surface area (Å²) in [7, 11) is -3.75. The molecule has 0 radical (unpaired) electrons. The maximum atomic E-state index is 11.8. The lowest BCUT2D eigenvalue weighted by molar-refractivity contribution is -0.118. The number of rotatable bonds is 6. The van der Waals surface area contributed by atoms with Crippen LogP contribution < -0.4 is 10.0 Å². The fourth-order valence-corrected chi connectivity index (χ4v) is 2.26. The van der Waals surface area contributed by atoms with E-state index < -0.39 is 15.9 Å². The Bertz CT molecular complexity index is 485. The maximum absolute atomic E-state index is 11.8. The Morgan fingerprint density at radius 2 is 1.89 bits per heavy atom. The van der Waals surface area contributed by atoms with Gasteiger partial charge in [-0.25, -0.2) is 13.1 Å². The molecule has 1 unspecified atom stereocenters. The Morgan fingerprint density at radius 3 is 2.44 bits per heavy atom. The van der Waals surface area contributed by atoms with Crippen molar-refractivity contribution in [2.24, 2.45) is 0 Å². The SMILES string of the molecule is CCC(C)NCC(=O)NS(=O)(=O)c1ccccc1. The monoisotopic (exact) mass is 270 g/mol. The molecule has 0 saturated carbocycles. The first-order valence-electron chi connectivity index (χ1n) is 5.79. The van der Waals surface area contributed by atoms with Gasteiger partial charge in [0, 0.05) is 6.04 Å². The molecule has 0 aliphatic carbocycles. The Morgan fingerprint density at radius 1 is 1.28 bits per heavy atom. The number of nitrogens with one attached hydrogen (secondary N) is 2. The summed E-state index contributed by atoms with van der Waals surface area (Å²) < 4.78 is 25.6. The fraction of sp³-hybridized carbons (Fsp3) is 0.417. The van der Waals surface area contributed by atoms with Gasteiger partial charge in [0.15, 0.2) is 0 Å². The van der Waals surface area contributed by atoms with Crippen LogP contribution in [0.25, 0.3) is 0 Å². The summed E-state index contributed by atoms with van der Waals surface area (Å²) in [6.07, 6.45) is 0.874. The van der Waals surface area contributed by atoms with E-state index in [1.807, 2.05) is 18.6 Å². The van der Waals surface area contributed by atoms with Gasteiger partial charge in [-0.05, 0) is 25.5 Å². The van der Waals surface area contributed by atoms with Crippen LogP contribution in [-0.4, -0.2) is 26.9 Å². The quantitative estimate of drug-likeness (QED) is 0.804. The van der Waals surface area contributed by atoms with Crippen molar-refractivity contribution in [1.29, 1.82) is 0 Å². The molecule has 0 heterocycles. The van der Waals surface area contributed by atoms with Gasteiger partial charge >= 0.3 is 0 Å². The summed E-state index contributed by atoms with van der Waals surface area (Å²) in [5.41, 5.74) is 0. The van der Waals surface area contributed by atoms with Crippen LogP contribution >= 0.6 is 0 Å². The number of sulfonamides is 1. The Labute approximate surface area is 108 Å². The van der Waals surface area contributed by atoms with Crippen molar-refractivity contribution in [3.05, 3.63) is 30.3 Å². The Balaban J connectivity index is 2.59. The number of hydrogen-bond acceptors (Lipinski definition) is 4. The molecule has 18 heavy (non-hydrogen) atoms. The summed E-state index contributed by atoms with van der Waals surface area (Å²) in [5, 5.41) is 2.93. The molecule has 1 aromatic rings. The zero-order valence-electron chi connectivity index (χ0n) is 10.5. The van der Waals surface area contributed by atoms with E-state index in [9.17, 15) is 13.2 Å². The molecule has 2 N–H and O–H groups in total. The summed E-state index contributed by atoms with van der Waals surface area (Å²) >= 11 is 0. The van der Waals surface area contributed by atoms with Crippen LogP contribution in [0.4, 0.5) is 0 Å². The molecule has 0 aliphatic heterocycles. The molecule has 0 fully saturated rings. The van der Waals surface area contributed by atoms with Crippen LogP contribution in [-0.2, 0) is 14.8 Å². The molecule has 1 rings (SSSR count). The largest absolute Gasteiger partial charge is 0.306 e. The number of carbonyl (C=O) groups is 1. The predicted octanol–water partition coefficient (Wildman–Crippen LogP) is 0.880. The van der Waals surface area contributed by atoms with E-state index in [0.717, 1.165) is 6.42 Å². The highest BCUT2D eigenvalue weighted by molar-refractivity contribution is 7.90. The van der Waals surface area contributed by atoms with Crippen LogP contribution in [0.3, 0.4) is 0 Å². The molecule has 0 bridgehead atoms. The number of benzene rings is 1. The van der Waals surface area contributed by atoms with Crippen molar-refractivity contribution in [1.82, 2.24) is 10.0 Å². The third-order valence-electron chi connectivity index (χ3n) is 2.53. The lowest BCUT2D eigenvalue weighted by Crippen LogP contribution is -2.40. The highest BCUT2D eigenvalue weighted by Crippen LogP contribution is 2.06. The van der Waals surface area contributed by atoms with Gasteiger partial charge in [-0.1, -0.05) is 25.1 Å². The molecule has 0 aliphatic rings. The zero-order chi connectivity index (χ0) is 13.6. The van der Waals surface area contributed by atoms with Crippen molar-refractivity contribution in [2.45, 2.75) is 31.2 Å². The van der Waals surface area contributed by atoms with Gasteiger partial charge in [-0.3, -0.25) is 4.79 Å². The highest BCUT2D eigenvalue weighted by Gasteiger charge is 2.16. The van der Waals surface area contributed by atoms with Crippen LogP contribution in [0, 0.1) is 0 Å². The molecule has 0 spiro atoms. The van der Waals surface area contributed by atoms with Gasteiger partial charge in [-0.15, -0.1) is 0 Å². The molecule has 0 saturated heterocycles. The summed E-state index contributed by atoms with van der Waals surface area (Å²) in [6, 6.07) is 7.99. The van der Waals surface area contributed by atoms with E-state index in [0.29, 0.717) is 0 Å². The average molecular weight is 270 g/mol. The van der Waals surface area contributed by atoms with E-state index in [1.54, 1.807) is 18.2 Å². The van der Waals surface area contributed by atoms with E-state index in [4.69, 9.17) is 0 Å². The van der Waals surface area contributed by atoms with Crippen molar-refractivity contribution >= 4 is 15.9 Å². The molecule has 6 heteroatoms. The number of amides is 1. The molecule has 5 nitrogen and oxygen atoms in total. The summed E-state index contributed by atoms with van der Waals surface area (Å²) in [4.78, 5) is 11.6. The minimum absolute atomic E-state index is 0.0128. The van der Waals surface area contributed by atoms with Crippen molar-refractivity contribution in [3.63, 3.8) is 0 Å². The minimum atomic E-state index is -3.75. The Hall–Kier alpha value is -1.40. The molecular formula is C12H18N2O3S. The second-order valence-corrected chi connectivity index (χ2v) is 5.71. The summed E-state index contributed by atoms with van der Waals surface area (Å²) in [5.74, 6) is -0.556. The minimum Gasteiger partial charge on any atom is -0.306 e. The second-order valence-electron chi connectivity index (χ2n) is 4.03.